The van der Waals surface area contributed by atoms with E-state index in [2.05, 4.69) is 20.2 Å². The Hall–Kier alpha value is -3.14. The smallest absolute Gasteiger partial charge is 0.325 e. The Labute approximate surface area is 195 Å². The second kappa shape index (κ2) is 10.2. The molecule has 0 spiro atoms. The molecule has 0 aliphatic carbocycles. The van der Waals surface area contributed by atoms with Crippen molar-refractivity contribution in [3.05, 3.63) is 67.7 Å². The Morgan fingerprint density at radius 3 is 2.52 bits per heavy atom. The standard InChI is InChI=1S/C23H28N6O3S/c1-15-7-8-16(2)18(11-15)29-19(12-17-13-20(30)25-22(32)24-17)26-27-23(29)33-14-21(31)28-9-5-3-4-6-10-28/h7-8,11,13H,3-6,9-10,12,14H2,1-2H3,(H2,24,25,30,32). The molecule has 33 heavy (non-hydrogen) atoms. The van der Waals surface area contributed by atoms with Gasteiger partial charge in [0.2, 0.25) is 5.91 Å². The number of rotatable bonds is 6. The minimum atomic E-state index is -0.562. The number of nitrogens with zero attached hydrogens (tertiary/aromatic N) is 4. The molecule has 0 unspecified atom stereocenters. The topological polar surface area (TPSA) is 117 Å². The monoisotopic (exact) mass is 468 g/mol. The van der Waals surface area contributed by atoms with Crippen molar-refractivity contribution in [2.24, 2.45) is 0 Å². The van der Waals surface area contributed by atoms with E-state index in [0.717, 1.165) is 42.7 Å². The van der Waals surface area contributed by atoms with Crippen molar-refractivity contribution >= 4 is 17.7 Å². The molecule has 1 fully saturated rings. The van der Waals surface area contributed by atoms with Crippen LogP contribution >= 0.6 is 11.8 Å². The highest BCUT2D eigenvalue weighted by Gasteiger charge is 2.21. The van der Waals surface area contributed by atoms with Gasteiger partial charge in [0.15, 0.2) is 5.16 Å². The SMILES string of the molecule is Cc1ccc(C)c(-n2c(Cc3cc(=O)[nH]c(=O)[nH]3)nnc2SCC(=O)N2CCCCCC2)c1. The molecule has 1 aliphatic rings. The molecule has 3 aromatic rings. The first-order valence-corrected chi connectivity index (χ1v) is 12.1. The highest BCUT2D eigenvalue weighted by Crippen LogP contribution is 2.26. The third-order valence-electron chi connectivity index (χ3n) is 5.75. The van der Waals surface area contributed by atoms with E-state index in [0.29, 0.717) is 16.7 Å². The fourth-order valence-electron chi connectivity index (χ4n) is 4.03. The van der Waals surface area contributed by atoms with Crippen LogP contribution in [0.5, 0.6) is 0 Å². The lowest BCUT2D eigenvalue weighted by Gasteiger charge is -2.20. The zero-order chi connectivity index (χ0) is 23.4. The van der Waals surface area contributed by atoms with Crippen molar-refractivity contribution in [1.29, 1.82) is 0 Å². The van der Waals surface area contributed by atoms with Gasteiger partial charge in [-0.05, 0) is 43.9 Å². The van der Waals surface area contributed by atoms with E-state index < -0.39 is 11.2 Å². The van der Waals surface area contributed by atoms with E-state index >= 15 is 0 Å². The quantitative estimate of drug-likeness (QED) is 0.537. The number of carbonyl (C=O) groups is 1. The van der Waals surface area contributed by atoms with Crippen molar-refractivity contribution < 1.29 is 4.79 Å². The summed E-state index contributed by atoms with van der Waals surface area (Å²) in [6, 6.07) is 7.45. The molecule has 0 radical (unpaired) electrons. The molecule has 3 heterocycles. The molecule has 1 saturated heterocycles. The number of aryl methyl sites for hydroxylation is 2. The normalized spacial score (nSPS) is 14.3. The van der Waals surface area contributed by atoms with E-state index in [1.165, 1.54) is 30.7 Å². The second-order valence-electron chi connectivity index (χ2n) is 8.40. The summed E-state index contributed by atoms with van der Waals surface area (Å²) in [6.07, 6.45) is 4.67. The maximum Gasteiger partial charge on any atom is 0.325 e. The van der Waals surface area contributed by atoms with Gasteiger partial charge in [0.25, 0.3) is 5.56 Å². The molecular weight excluding hydrogens is 440 g/mol. The summed E-state index contributed by atoms with van der Waals surface area (Å²) in [5, 5.41) is 9.33. The third-order valence-corrected chi connectivity index (χ3v) is 6.67. The molecule has 0 atom stereocenters. The second-order valence-corrected chi connectivity index (χ2v) is 9.34. The molecule has 174 valence electrons. The lowest BCUT2D eigenvalue weighted by atomic mass is 10.1. The van der Waals surface area contributed by atoms with Crippen LogP contribution in [0.15, 0.2) is 39.0 Å². The van der Waals surface area contributed by atoms with Crippen LogP contribution in [0.25, 0.3) is 5.69 Å². The first-order chi connectivity index (χ1) is 15.9. The van der Waals surface area contributed by atoms with Crippen molar-refractivity contribution in [3.8, 4) is 5.69 Å². The Kier molecular flexibility index (Phi) is 7.12. The van der Waals surface area contributed by atoms with Gasteiger partial charge in [0.1, 0.15) is 5.82 Å². The van der Waals surface area contributed by atoms with Gasteiger partial charge in [0.05, 0.1) is 11.4 Å². The highest BCUT2D eigenvalue weighted by atomic mass is 32.2. The van der Waals surface area contributed by atoms with Crippen molar-refractivity contribution in [2.75, 3.05) is 18.8 Å². The number of likely N-dealkylation sites (tertiary alicyclic amines) is 1. The van der Waals surface area contributed by atoms with Crippen LogP contribution in [0.4, 0.5) is 0 Å². The Morgan fingerprint density at radius 1 is 1.03 bits per heavy atom. The number of H-pyrrole nitrogens is 2. The summed E-state index contributed by atoms with van der Waals surface area (Å²) in [6.45, 7) is 5.63. The zero-order valence-electron chi connectivity index (χ0n) is 18.9. The molecule has 10 heteroatoms. The van der Waals surface area contributed by atoms with Crippen molar-refractivity contribution in [3.63, 3.8) is 0 Å². The first-order valence-electron chi connectivity index (χ1n) is 11.2. The summed E-state index contributed by atoms with van der Waals surface area (Å²) < 4.78 is 1.92. The number of carbonyl (C=O) groups excluding carboxylic acids is 1. The van der Waals surface area contributed by atoms with Crippen LogP contribution in [0.1, 0.15) is 48.3 Å². The van der Waals surface area contributed by atoms with Gasteiger partial charge >= 0.3 is 5.69 Å². The lowest BCUT2D eigenvalue weighted by Crippen LogP contribution is -2.33. The number of thioether (sulfide) groups is 1. The zero-order valence-corrected chi connectivity index (χ0v) is 19.7. The van der Waals surface area contributed by atoms with E-state index in [-0.39, 0.29) is 18.1 Å². The summed E-state index contributed by atoms with van der Waals surface area (Å²) in [4.78, 5) is 43.1. The van der Waals surface area contributed by atoms with E-state index in [4.69, 9.17) is 0 Å². The maximum absolute atomic E-state index is 12.8. The van der Waals surface area contributed by atoms with E-state index in [1.54, 1.807) is 0 Å². The third kappa shape index (κ3) is 5.62. The van der Waals surface area contributed by atoms with E-state index in [9.17, 15) is 14.4 Å². The molecule has 0 saturated carbocycles. The van der Waals surface area contributed by atoms with Crippen LogP contribution in [-0.2, 0) is 11.2 Å². The summed E-state index contributed by atoms with van der Waals surface area (Å²) in [7, 11) is 0. The molecule has 2 N–H and O–H groups in total. The van der Waals surface area contributed by atoms with Gasteiger partial charge in [-0.3, -0.25) is 19.1 Å². The van der Waals surface area contributed by atoms with Gasteiger partial charge in [-0.15, -0.1) is 10.2 Å². The van der Waals surface area contributed by atoms with Crippen LogP contribution in [0.3, 0.4) is 0 Å². The number of nitrogens with one attached hydrogen (secondary N) is 2. The van der Waals surface area contributed by atoms with Crippen LogP contribution in [0.2, 0.25) is 0 Å². The summed E-state index contributed by atoms with van der Waals surface area (Å²) in [5.41, 5.74) is 2.43. The minimum Gasteiger partial charge on any atom is -0.342 e. The predicted molar refractivity (Wildman–Crippen MR) is 127 cm³/mol. The van der Waals surface area contributed by atoms with Crippen molar-refractivity contribution in [2.45, 2.75) is 51.1 Å². The minimum absolute atomic E-state index is 0.109. The fourth-order valence-corrected chi connectivity index (χ4v) is 4.90. The van der Waals surface area contributed by atoms with Gasteiger partial charge < -0.3 is 9.88 Å². The van der Waals surface area contributed by atoms with Crippen molar-refractivity contribution in [1.82, 2.24) is 29.6 Å². The average molecular weight is 469 g/mol. The number of hydrogen-bond donors (Lipinski definition) is 2. The summed E-state index contributed by atoms with van der Waals surface area (Å²) >= 11 is 1.36. The number of benzene rings is 1. The molecule has 1 aromatic carbocycles. The number of amides is 1. The molecule has 2 aromatic heterocycles. The number of hydrogen-bond acceptors (Lipinski definition) is 6. The average Bonchev–Trinajstić information content (AvgIpc) is 2.96. The molecule has 9 nitrogen and oxygen atoms in total. The Morgan fingerprint density at radius 2 is 1.79 bits per heavy atom. The molecule has 1 amide bonds. The molecule has 4 rings (SSSR count). The lowest BCUT2D eigenvalue weighted by molar-refractivity contribution is -0.128. The van der Waals surface area contributed by atoms with E-state index in [1.807, 2.05) is 41.5 Å². The molecular formula is C23H28N6O3S. The summed E-state index contributed by atoms with van der Waals surface area (Å²) in [5.74, 6) is 0.970. The van der Waals surface area contributed by atoms with Gasteiger partial charge in [-0.25, -0.2) is 4.79 Å². The van der Waals surface area contributed by atoms with Crippen LogP contribution < -0.4 is 11.2 Å². The maximum atomic E-state index is 12.8. The first kappa shape index (κ1) is 23.0. The van der Waals surface area contributed by atoms with Crippen LogP contribution in [-0.4, -0.2) is 54.4 Å². The van der Waals surface area contributed by atoms with Crippen LogP contribution in [0, 0.1) is 13.8 Å². The predicted octanol–water partition coefficient (Wildman–Crippen LogP) is 2.35. The largest absolute Gasteiger partial charge is 0.342 e. The van der Waals surface area contributed by atoms with Gasteiger partial charge in [-0.2, -0.15) is 0 Å². The highest BCUT2D eigenvalue weighted by molar-refractivity contribution is 7.99. The molecule has 0 bridgehead atoms. The van der Waals surface area contributed by atoms with Gasteiger partial charge in [-0.1, -0.05) is 36.7 Å². The molecule has 1 aliphatic heterocycles. The van der Waals surface area contributed by atoms with Gasteiger partial charge in [0, 0.05) is 31.3 Å². The number of aromatic amines is 2. The Balaban J connectivity index is 1.65. The number of aromatic nitrogens is 5. The Bertz CT molecular complexity index is 1230. The fraction of sp³-hybridized carbons (Fsp3) is 0.435.